The highest BCUT2D eigenvalue weighted by atomic mass is 16.2. The number of H-pyrrole nitrogens is 1. The first-order valence-corrected chi connectivity index (χ1v) is 9.71. The van der Waals surface area contributed by atoms with E-state index in [0.717, 1.165) is 22.8 Å². The van der Waals surface area contributed by atoms with Gasteiger partial charge in [-0.05, 0) is 48.0 Å². The van der Waals surface area contributed by atoms with E-state index in [1.165, 1.54) is 0 Å². The van der Waals surface area contributed by atoms with Gasteiger partial charge in [-0.1, -0.05) is 54.6 Å². The van der Waals surface area contributed by atoms with Crippen molar-refractivity contribution in [2.24, 2.45) is 0 Å². The van der Waals surface area contributed by atoms with Crippen LogP contribution in [0.5, 0.6) is 0 Å². The largest absolute Gasteiger partial charge is 0.348 e. The van der Waals surface area contributed by atoms with Gasteiger partial charge >= 0.3 is 0 Å². The Labute approximate surface area is 174 Å². The van der Waals surface area contributed by atoms with Crippen LogP contribution in [-0.2, 0) is 0 Å². The summed E-state index contributed by atoms with van der Waals surface area (Å²) in [5.74, 6) is 0.526. The van der Waals surface area contributed by atoms with Gasteiger partial charge in [-0.3, -0.25) is 14.5 Å². The first-order chi connectivity index (χ1) is 14.7. The number of benzene rings is 3. The molecule has 0 aliphatic heterocycles. The minimum atomic E-state index is -0.211. The summed E-state index contributed by atoms with van der Waals surface area (Å²) >= 11 is 0. The van der Waals surface area contributed by atoms with Gasteiger partial charge in [-0.15, -0.1) is 0 Å². The molecule has 0 fully saturated rings. The van der Waals surface area contributed by atoms with Gasteiger partial charge in [0.05, 0.1) is 5.57 Å². The Kier molecular flexibility index (Phi) is 4.37. The van der Waals surface area contributed by atoms with Gasteiger partial charge in [0, 0.05) is 28.7 Å². The summed E-state index contributed by atoms with van der Waals surface area (Å²) in [4.78, 5) is 30.6. The molecule has 0 spiro atoms. The SMILES string of the molecule is O=C1C(=Cc2ccc(N(c3ccccc3)c3ccc[nH]3)cc2)C(=O)c2ccccc21. The molecular formula is C26H18N2O2. The summed E-state index contributed by atoms with van der Waals surface area (Å²) in [6.45, 7) is 0. The maximum atomic E-state index is 12.6. The molecule has 4 aromatic rings. The van der Waals surface area contributed by atoms with Crippen molar-refractivity contribution in [3.8, 4) is 0 Å². The van der Waals surface area contributed by atoms with Crippen LogP contribution < -0.4 is 4.90 Å². The molecule has 0 saturated heterocycles. The fraction of sp³-hybridized carbons (Fsp3) is 0. The highest BCUT2D eigenvalue weighted by Crippen LogP contribution is 2.34. The van der Waals surface area contributed by atoms with Crippen molar-refractivity contribution in [2.75, 3.05) is 4.90 Å². The molecule has 144 valence electrons. The summed E-state index contributed by atoms with van der Waals surface area (Å²) in [6.07, 6.45) is 3.56. The van der Waals surface area contributed by atoms with Crippen molar-refractivity contribution in [2.45, 2.75) is 0 Å². The number of fused-ring (bicyclic) bond motifs is 1. The van der Waals surface area contributed by atoms with Gasteiger partial charge in [0.2, 0.25) is 0 Å². The number of hydrogen-bond acceptors (Lipinski definition) is 3. The second-order valence-electron chi connectivity index (χ2n) is 7.08. The molecule has 30 heavy (non-hydrogen) atoms. The molecule has 1 aliphatic rings. The number of carbonyl (C=O) groups is 2. The van der Waals surface area contributed by atoms with E-state index < -0.39 is 0 Å². The summed E-state index contributed by atoms with van der Waals surface area (Å²) in [5.41, 5.74) is 3.98. The van der Waals surface area contributed by atoms with Gasteiger partial charge < -0.3 is 4.98 Å². The van der Waals surface area contributed by atoms with Crippen LogP contribution in [0.1, 0.15) is 26.3 Å². The Morgan fingerprint density at radius 2 is 1.23 bits per heavy atom. The van der Waals surface area contributed by atoms with Crippen LogP contribution in [0.15, 0.2) is 103 Å². The van der Waals surface area contributed by atoms with Crippen LogP contribution in [0.2, 0.25) is 0 Å². The number of hydrogen-bond donors (Lipinski definition) is 1. The van der Waals surface area contributed by atoms with Crippen LogP contribution in [-0.4, -0.2) is 16.6 Å². The molecule has 0 bridgehead atoms. The third-order valence-corrected chi connectivity index (χ3v) is 5.20. The van der Waals surface area contributed by atoms with Gasteiger partial charge in [-0.25, -0.2) is 0 Å². The number of ketones is 2. The molecule has 0 radical (unpaired) electrons. The van der Waals surface area contributed by atoms with E-state index in [4.69, 9.17) is 0 Å². The van der Waals surface area contributed by atoms with Crippen LogP contribution in [0.4, 0.5) is 17.2 Å². The predicted octanol–water partition coefficient (Wildman–Crippen LogP) is 5.95. The fourth-order valence-corrected chi connectivity index (χ4v) is 3.75. The number of para-hydroxylation sites is 1. The van der Waals surface area contributed by atoms with E-state index in [-0.39, 0.29) is 17.1 Å². The lowest BCUT2D eigenvalue weighted by Gasteiger charge is -2.23. The maximum Gasteiger partial charge on any atom is 0.197 e. The molecule has 0 atom stereocenters. The molecule has 5 rings (SSSR count). The lowest BCUT2D eigenvalue weighted by molar-refractivity contribution is 0.0990. The zero-order valence-corrected chi connectivity index (χ0v) is 16.1. The summed E-state index contributed by atoms with van der Waals surface area (Å²) < 4.78 is 0. The highest BCUT2D eigenvalue weighted by Gasteiger charge is 2.32. The predicted molar refractivity (Wildman–Crippen MR) is 119 cm³/mol. The molecule has 0 amide bonds. The average Bonchev–Trinajstić information content (AvgIpc) is 3.40. The van der Waals surface area contributed by atoms with Crippen LogP contribution in [0.25, 0.3) is 6.08 Å². The summed E-state index contributed by atoms with van der Waals surface area (Å²) in [5, 5.41) is 0. The Balaban J connectivity index is 1.49. The maximum absolute atomic E-state index is 12.6. The van der Waals surface area contributed by atoms with Crippen molar-refractivity contribution in [3.63, 3.8) is 0 Å². The molecule has 4 heteroatoms. The smallest absolute Gasteiger partial charge is 0.197 e. The number of nitrogens with one attached hydrogen (secondary N) is 1. The standard InChI is InChI=1S/C26H18N2O2/c29-25-21-9-4-5-10-22(21)26(30)23(25)17-18-12-14-20(15-13-18)28(24-11-6-16-27-24)19-7-2-1-3-8-19/h1-17,27H. The zero-order valence-electron chi connectivity index (χ0n) is 16.1. The molecule has 4 nitrogen and oxygen atoms in total. The molecule has 1 aliphatic carbocycles. The molecule has 0 saturated carbocycles. The van der Waals surface area contributed by atoms with E-state index >= 15 is 0 Å². The quantitative estimate of drug-likeness (QED) is 0.346. The fourth-order valence-electron chi connectivity index (χ4n) is 3.75. The molecule has 1 N–H and O–H groups in total. The Morgan fingerprint density at radius 3 is 1.83 bits per heavy atom. The van der Waals surface area contributed by atoms with E-state index in [9.17, 15) is 9.59 Å². The van der Waals surface area contributed by atoms with E-state index in [0.29, 0.717) is 11.1 Å². The monoisotopic (exact) mass is 390 g/mol. The van der Waals surface area contributed by atoms with E-state index in [1.807, 2.05) is 72.9 Å². The Morgan fingerprint density at radius 1 is 0.633 bits per heavy atom. The topological polar surface area (TPSA) is 53.2 Å². The van der Waals surface area contributed by atoms with Gasteiger partial charge in [0.1, 0.15) is 5.82 Å². The normalized spacial score (nSPS) is 12.7. The molecular weight excluding hydrogens is 372 g/mol. The van der Waals surface area contributed by atoms with Crippen molar-refractivity contribution < 1.29 is 9.59 Å². The minimum Gasteiger partial charge on any atom is -0.348 e. The number of rotatable bonds is 4. The number of carbonyl (C=O) groups excluding carboxylic acids is 2. The van der Waals surface area contributed by atoms with Gasteiger partial charge in [0.15, 0.2) is 11.6 Å². The lowest BCUT2D eigenvalue weighted by atomic mass is 10.1. The van der Waals surface area contributed by atoms with Crippen LogP contribution in [0.3, 0.4) is 0 Å². The second-order valence-corrected chi connectivity index (χ2v) is 7.08. The first kappa shape index (κ1) is 17.9. The van der Waals surface area contributed by atoms with Crippen molar-refractivity contribution in [1.29, 1.82) is 0 Å². The Bertz CT molecular complexity index is 1220. The number of Topliss-reactive ketones (excluding diaryl/α,β-unsaturated/α-hetero) is 2. The van der Waals surface area contributed by atoms with Crippen LogP contribution >= 0.6 is 0 Å². The average molecular weight is 390 g/mol. The van der Waals surface area contributed by atoms with Crippen molar-refractivity contribution >= 4 is 34.8 Å². The van der Waals surface area contributed by atoms with E-state index in [2.05, 4.69) is 9.88 Å². The molecule has 3 aromatic carbocycles. The highest BCUT2D eigenvalue weighted by molar-refractivity contribution is 6.41. The van der Waals surface area contributed by atoms with Crippen molar-refractivity contribution in [1.82, 2.24) is 4.98 Å². The van der Waals surface area contributed by atoms with Gasteiger partial charge in [0.25, 0.3) is 0 Å². The van der Waals surface area contributed by atoms with Crippen LogP contribution in [0, 0.1) is 0 Å². The molecule has 1 heterocycles. The molecule has 0 unspecified atom stereocenters. The Hall–Kier alpha value is -4.18. The lowest BCUT2D eigenvalue weighted by Crippen LogP contribution is -2.10. The second kappa shape index (κ2) is 7.33. The van der Waals surface area contributed by atoms with Gasteiger partial charge in [-0.2, -0.15) is 0 Å². The minimum absolute atomic E-state index is 0.211. The first-order valence-electron chi connectivity index (χ1n) is 9.71. The van der Waals surface area contributed by atoms with Crippen molar-refractivity contribution in [3.05, 3.63) is 119 Å². The number of aromatic nitrogens is 1. The third kappa shape index (κ3) is 3.05. The number of nitrogens with zero attached hydrogens (tertiary/aromatic N) is 1. The number of anilines is 3. The summed E-state index contributed by atoms with van der Waals surface area (Å²) in [7, 11) is 0. The van der Waals surface area contributed by atoms with E-state index in [1.54, 1.807) is 30.3 Å². The molecule has 1 aromatic heterocycles. The number of allylic oxidation sites excluding steroid dienone is 1. The third-order valence-electron chi connectivity index (χ3n) is 5.20. The summed E-state index contributed by atoms with van der Waals surface area (Å²) in [6, 6.07) is 28.8. The zero-order chi connectivity index (χ0) is 20.5. The number of aromatic amines is 1.